The number of hydrogen-bond donors (Lipinski definition) is 1. The van der Waals surface area contributed by atoms with Crippen LogP contribution in [0, 0.1) is 0 Å². The van der Waals surface area contributed by atoms with Gasteiger partial charge in [0.15, 0.2) is 0 Å². The second kappa shape index (κ2) is 4.61. The highest BCUT2D eigenvalue weighted by atomic mass is 16.5. The lowest BCUT2D eigenvalue weighted by Crippen LogP contribution is -2.34. The van der Waals surface area contributed by atoms with Crippen molar-refractivity contribution in [2.24, 2.45) is 0 Å². The Bertz CT molecular complexity index is 361. The maximum absolute atomic E-state index is 11.3. The predicted molar refractivity (Wildman–Crippen MR) is 60.0 cm³/mol. The molecule has 0 unspecified atom stereocenters. The number of nitrogens with one attached hydrogen (secondary N) is 1. The van der Waals surface area contributed by atoms with Gasteiger partial charge in [-0.05, 0) is 25.0 Å². The van der Waals surface area contributed by atoms with Gasteiger partial charge in [0.1, 0.15) is 6.61 Å². The zero-order valence-corrected chi connectivity index (χ0v) is 9.40. The van der Waals surface area contributed by atoms with Crippen molar-refractivity contribution in [3.05, 3.63) is 30.1 Å². The summed E-state index contributed by atoms with van der Waals surface area (Å²) in [5.41, 5.74) is 1.15. The number of rotatable bonds is 5. The third-order valence-electron chi connectivity index (χ3n) is 2.96. The number of ether oxygens (including phenoxy) is 1. The van der Waals surface area contributed by atoms with Crippen LogP contribution in [0.25, 0.3) is 0 Å². The maximum atomic E-state index is 11.3. The normalized spacial score (nSPS) is 16.8. The summed E-state index contributed by atoms with van der Waals surface area (Å²) in [6, 6.07) is 5.91. The van der Waals surface area contributed by atoms with Crippen molar-refractivity contribution in [3.8, 4) is 0 Å². The Labute approximate surface area is 95.0 Å². The van der Waals surface area contributed by atoms with E-state index >= 15 is 0 Å². The first-order chi connectivity index (χ1) is 7.77. The van der Waals surface area contributed by atoms with E-state index in [0.717, 1.165) is 18.5 Å². The fourth-order valence-electron chi connectivity index (χ4n) is 1.80. The number of hydrogen-bond acceptors (Lipinski definition) is 3. The van der Waals surface area contributed by atoms with Gasteiger partial charge < -0.3 is 10.1 Å². The summed E-state index contributed by atoms with van der Waals surface area (Å²) in [6.45, 7) is 0.782. The van der Waals surface area contributed by atoms with E-state index in [1.165, 1.54) is 7.11 Å². The van der Waals surface area contributed by atoms with E-state index in [9.17, 15) is 4.79 Å². The molecule has 0 aliphatic heterocycles. The molecule has 1 aromatic rings. The Morgan fingerprint density at radius 3 is 2.94 bits per heavy atom. The van der Waals surface area contributed by atoms with Gasteiger partial charge in [0.2, 0.25) is 5.91 Å². The molecule has 0 bridgehead atoms. The molecule has 1 aliphatic carbocycles. The molecule has 0 saturated heterocycles. The quantitative estimate of drug-likeness (QED) is 0.801. The van der Waals surface area contributed by atoms with E-state index < -0.39 is 0 Å². The average molecular weight is 220 g/mol. The molecule has 86 valence electrons. The van der Waals surface area contributed by atoms with Crippen LogP contribution in [0.1, 0.15) is 18.5 Å². The molecule has 4 heteroatoms. The van der Waals surface area contributed by atoms with Gasteiger partial charge >= 0.3 is 0 Å². The fourth-order valence-corrected chi connectivity index (χ4v) is 1.80. The summed E-state index contributed by atoms with van der Waals surface area (Å²) in [4.78, 5) is 15.6. The molecule has 0 spiro atoms. The van der Waals surface area contributed by atoms with E-state index in [1.807, 2.05) is 18.2 Å². The summed E-state index contributed by atoms with van der Waals surface area (Å²) in [6.07, 6.45) is 3.99. The van der Waals surface area contributed by atoms with Gasteiger partial charge in [-0.1, -0.05) is 6.07 Å². The standard InChI is InChI=1S/C12H16N2O2/c1-16-8-11(15)14-9-12(5-6-12)10-4-2-3-7-13-10/h2-4,7H,5-6,8-9H2,1H3,(H,14,15). The van der Waals surface area contributed by atoms with Crippen LogP contribution in [0.3, 0.4) is 0 Å². The van der Waals surface area contributed by atoms with Gasteiger partial charge in [-0.25, -0.2) is 0 Å². The predicted octanol–water partition coefficient (Wildman–Crippen LogP) is 0.876. The van der Waals surface area contributed by atoms with Crippen molar-refractivity contribution in [1.29, 1.82) is 0 Å². The van der Waals surface area contributed by atoms with Crippen molar-refractivity contribution < 1.29 is 9.53 Å². The second-order valence-electron chi connectivity index (χ2n) is 4.21. The molecule has 1 heterocycles. The minimum atomic E-state index is -0.0651. The molecule has 1 fully saturated rings. The summed E-state index contributed by atoms with van der Waals surface area (Å²) < 4.78 is 4.77. The molecule has 0 radical (unpaired) electrons. The largest absolute Gasteiger partial charge is 0.375 e. The first-order valence-corrected chi connectivity index (χ1v) is 5.44. The fraction of sp³-hybridized carbons (Fsp3) is 0.500. The molecule has 2 rings (SSSR count). The first kappa shape index (κ1) is 11.1. The Morgan fingerprint density at radius 1 is 1.56 bits per heavy atom. The molecule has 1 amide bonds. The van der Waals surface area contributed by atoms with Crippen molar-refractivity contribution in [2.75, 3.05) is 20.3 Å². The number of carbonyl (C=O) groups is 1. The molecule has 1 aromatic heterocycles. The number of pyridine rings is 1. The average Bonchev–Trinajstić information content (AvgIpc) is 3.09. The van der Waals surface area contributed by atoms with Crippen LogP contribution < -0.4 is 5.32 Å². The highest BCUT2D eigenvalue weighted by molar-refractivity contribution is 5.77. The monoisotopic (exact) mass is 220 g/mol. The summed E-state index contributed by atoms with van der Waals surface area (Å²) in [7, 11) is 1.52. The van der Waals surface area contributed by atoms with Gasteiger partial charge in [-0.2, -0.15) is 0 Å². The van der Waals surface area contributed by atoms with E-state index in [4.69, 9.17) is 4.74 Å². The van der Waals surface area contributed by atoms with E-state index in [-0.39, 0.29) is 17.9 Å². The molecule has 1 aliphatic rings. The molecule has 4 nitrogen and oxygen atoms in total. The van der Waals surface area contributed by atoms with Crippen LogP contribution >= 0.6 is 0 Å². The number of amides is 1. The molecule has 1 N–H and O–H groups in total. The first-order valence-electron chi connectivity index (χ1n) is 5.44. The van der Waals surface area contributed by atoms with Gasteiger partial charge in [0.05, 0.1) is 0 Å². The molecule has 1 saturated carbocycles. The summed E-state index contributed by atoms with van der Waals surface area (Å²) in [5.74, 6) is -0.0651. The minimum absolute atomic E-state index is 0.0651. The van der Waals surface area contributed by atoms with Gasteiger partial charge in [-0.3, -0.25) is 9.78 Å². The van der Waals surface area contributed by atoms with Crippen LogP contribution in [-0.4, -0.2) is 31.2 Å². The molecule has 0 aromatic carbocycles. The third-order valence-corrected chi connectivity index (χ3v) is 2.96. The van der Waals surface area contributed by atoms with Crippen LogP contribution in [0.2, 0.25) is 0 Å². The Hall–Kier alpha value is -1.42. The smallest absolute Gasteiger partial charge is 0.246 e. The highest BCUT2D eigenvalue weighted by Gasteiger charge is 2.45. The number of carbonyl (C=O) groups excluding carboxylic acids is 1. The van der Waals surface area contributed by atoms with E-state index in [0.29, 0.717) is 6.54 Å². The van der Waals surface area contributed by atoms with Crippen LogP contribution in [0.4, 0.5) is 0 Å². The van der Waals surface area contributed by atoms with E-state index in [2.05, 4.69) is 10.3 Å². The molecule has 16 heavy (non-hydrogen) atoms. The summed E-state index contributed by atoms with van der Waals surface area (Å²) >= 11 is 0. The van der Waals surface area contributed by atoms with Crippen molar-refractivity contribution >= 4 is 5.91 Å². The highest BCUT2D eigenvalue weighted by Crippen LogP contribution is 2.46. The number of nitrogens with zero attached hydrogens (tertiary/aromatic N) is 1. The Kier molecular flexibility index (Phi) is 3.19. The van der Waals surface area contributed by atoms with Crippen molar-refractivity contribution in [3.63, 3.8) is 0 Å². The maximum Gasteiger partial charge on any atom is 0.246 e. The van der Waals surface area contributed by atoms with Gasteiger partial charge in [0, 0.05) is 31.0 Å². The lowest BCUT2D eigenvalue weighted by molar-refractivity contribution is -0.124. The van der Waals surface area contributed by atoms with E-state index in [1.54, 1.807) is 6.20 Å². The Morgan fingerprint density at radius 2 is 2.38 bits per heavy atom. The van der Waals surface area contributed by atoms with Crippen molar-refractivity contribution in [1.82, 2.24) is 10.3 Å². The van der Waals surface area contributed by atoms with Crippen LogP contribution in [0.5, 0.6) is 0 Å². The van der Waals surface area contributed by atoms with Crippen LogP contribution in [-0.2, 0) is 14.9 Å². The minimum Gasteiger partial charge on any atom is -0.375 e. The molecule has 0 atom stereocenters. The number of aromatic nitrogens is 1. The second-order valence-corrected chi connectivity index (χ2v) is 4.21. The zero-order valence-electron chi connectivity index (χ0n) is 9.40. The zero-order chi connectivity index (χ0) is 11.4. The third kappa shape index (κ3) is 2.39. The van der Waals surface area contributed by atoms with Gasteiger partial charge in [0.25, 0.3) is 0 Å². The Balaban J connectivity index is 1.92. The SMILES string of the molecule is COCC(=O)NCC1(c2ccccn2)CC1. The lowest BCUT2D eigenvalue weighted by atomic mass is 10.0. The van der Waals surface area contributed by atoms with Gasteiger partial charge in [-0.15, -0.1) is 0 Å². The summed E-state index contributed by atoms with van der Waals surface area (Å²) in [5, 5.41) is 2.88. The topological polar surface area (TPSA) is 51.2 Å². The van der Waals surface area contributed by atoms with Crippen LogP contribution in [0.15, 0.2) is 24.4 Å². The number of methoxy groups -OCH3 is 1. The lowest BCUT2D eigenvalue weighted by Gasteiger charge is -2.15. The molecular weight excluding hydrogens is 204 g/mol. The molecular formula is C12H16N2O2. The van der Waals surface area contributed by atoms with Crippen molar-refractivity contribution in [2.45, 2.75) is 18.3 Å².